The summed E-state index contributed by atoms with van der Waals surface area (Å²) in [6.07, 6.45) is 2.63. The van der Waals surface area contributed by atoms with E-state index in [1.54, 1.807) is 6.20 Å². The van der Waals surface area contributed by atoms with Crippen molar-refractivity contribution >= 4 is 22.2 Å². The lowest BCUT2D eigenvalue weighted by atomic mass is 10.3. The van der Waals surface area contributed by atoms with Crippen LogP contribution in [0, 0.1) is 0 Å². The second kappa shape index (κ2) is 6.62. The second-order valence-corrected chi connectivity index (χ2v) is 5.54. The van der Waals surface area contributed by atoms with Gasteiger partial charge in [-0.2, -0.15) is 0 Å². The van der Waals surface area contributed by atoms with Gasteiger partial charge in [-0.25, -0.2) is 4.98 Å². The summed E-state index contributed by atoms with van der Waals surface area (Å²) in [5.74, 6) is -0.0109. The van der Waals surface area contributed by atoms with Crippen LogP contribution in [0.3, 0.4) is 0 Å². The number of hydrogen-bond donors (Lipinski definition) is 1. The Bertz CT molecular complexity index is 649. The first-order valence-electron chi connectivity index (χ1n) is 6.51. The minimum absolute atomic E-state index is 0.0109. The molecule has 2 aromatic heterocycles. The highest BCUT2D eigenvalue weighted by atomic mass is 32.1. The molecule has 0 saturated heterocycles. The number of thiazole rings is 1. The lowest BCUT2D eigenvalue weighted by Crippen LogP contribution is -2.35. The highest BCUT2D eigenvalue weighted by molar-refractivity contribution is 7.15. The average molecular weight is 294 g/mol. The molecule has 0 spiro atoms. The molecule has 0 aliphatic carbocycles. The maximum absolute atomic E-state index is 11.8. The molecule has 0 saturated carbocycles. The van der Waals surface area contributed by atoms with E-state index in [0.29, 0.717) is 30.3 Å². The van der Waals surface area contributed by atoms with Crippen molar-refractivity contribution in [2.45, 2.75) is 19.9 Å². The van der Waals surface area contributed by atoms with Gasteiger partial charge in [-0.1, -0.05) is 6.92 Å². The maximum atomic E-state index is 11.8. The zero-order valence-electron chi connectivity index (χ0n) is 11.6. The Balaban J connectivity index is 2.00. The van der Waals surface area contributed by atoms with Gasteiger partial charge in [0.25, 0.3) is 5.56 Å². The summed E-state index contributed by atoms with van der Waals surface area (Å²) in [4.78, 5) is 30.4. The van der Waals surface area contributed by atoms with E-state index < -0.39 is 0 Å². The largest absolute Gasteiger partial charge is 0.355 e. The van der Waals surface area contributed by atoms with Crippen LogP contribution in [0.5, 0.6) is 0 Å². The van der Waals surface area contributed by atoms with Crippen LogP contribution in [0.25, 0.3) is 4.96 Å². The van der Waals surface area contributed by atoms with E-state index in [-0.39, 0.29) is 11.5 Å². The molecule has 0 bridgehead atoms. The molecule has 7 heteroatoms. The molecule has 0 unspecified atom stereocenters. The Hall–Kier alpha value is -1.73. The van der Waals surface area contributed by atoms with E-state index in [1.807, 2.05) is 24.3 Å². The minimum atomic E-state index is -0.0879. The van der Waals surface area contributed by atoms with Gasteiger partial charge in [0.05, 0.1) is 12.2 Å². The van der Waals surface area contributed by atoms with Crippen LogP contribution in [0.4, 0.5) is 0 Å². The topological polar surface area (TPSA) is 66.7 Å². The Kier molecular flexibility index (Phi) is 4.86. The smallest absolute Gasteiger partial charge is 0.258 e. The van der Waals surface area contributed by atoms with Crippen LogP contribution in [-0.4, -0.2) is 40.3 Å². The average Bonchev–Trinajstić information content (AvgIpc) is 2.84. The molecule has 2 heterocycles. The molecule has 0 aliphatic rings. The lowest BCUT2D eigenvalue weighted by molar-refractivity contribution is -0.122. The molecule has 20 heavy (non-hydrogen) atoms. The second-order valence-electron chi connectivity index (χ2n) is 4.66. The fourth-order valence-corrected chi connectivity index (χ4v) is 2.61. The highest BCUT2D eigenvalue weighted by Crippen LogP contribution is 2.07. The molecule has 0 atom stereocenters. The van der Waals surface area contributed by atoms with E-state index in [1.165, 1.54) is 21.8 Å². The SMILES string of the molecule is CCCNC(=O)CN(C)Cc1cc(=O)n2ccsc2n1. The predicted molar refractivity (Wildman–Crippen MR) is 79.0 cm³/mol. The Morgan fingerprint density at radius 3 is 3.10 bits per heavy atom. The van der Waals surface area contributed by atoms with Crippen LogP contribution < -0.4 is 10.9 Å². The van der Waals surface area contributed by atoms with Gasteiger partial charge in [0.15, 0.2) is 4.96 Å². The van der Waals surface area contributed by atoms with Crippen molar-refractivity contribution in [1.29, 1.82) is 0 Å². The number of nitrogens with one attached hydrogen (secondary N) is 1. The summed E-state index contributed by atoms with van der Waals surface area (Å²) in [7, 11) is 1.84. The van der Waals surface area contributed by atoms with E-state index in [4.69, 9.17) is 0 Å². The van der Waals surface area contributed by atoms with Gasteiger partial charge in [-0.3, -0.25) is 18.9 Å². The molecule has 0 radical (unpaired) electrons. The number of carbonyl (C=O) groups is 1. The molecule has 0 aliphatic heterocycles. The van der Waals surface area contributed by atoms with Crippen molar-refractivity contribution in [1.82, 2.24) is 19.6 Å². The number of carbonyl (C=O) groups excluding carboxylic acids is 1. The van der Waals surface area contributed by atoms with Crippen molar-refractivity contribution in [2.75, 3.05) is 20.1 Å². The molecule has 1 amide bonds. The molecule has 108 valence electrons. The van der Waals surface area contributed by atoms with Crippen LogP contribution in [0.15, 0.2) is 22.4 Å². The van der Waals surface area contributed by atoms with E-state index in [9.17, 15) is 9.59 Å². The number of nitrogens with zero attached hydrogens (tertiary/aromatic N) is 3. The third-order valence-electron chi connectivity index (χ3n) is 2.77. The first-order chi connectivity index (χ1) is 9.60. The van der Waals surface area contributed by atoms with E-state index in [2.05, 4.69) is 10.3 Å². The summed E-state index contributed by atoms with van der Waals surface area (Å²) >= 11 is 1.42. The monoisotopic (exact) mass is 294 g/mol. The standard InChI is InChI=1S/C13H18N4O2S/c1-3-4-14-11(18)9-16(2)8-10-7-12(19)17-5-6-20-13(17)15-10/h5-7H,3-4,8-9H2,1-2H3,(H,14,18). The molecule has 2 rings (SSSR count). The Morgan fingerprint density at radius 2 is 2.35 bits per heavy atom. The van der Waals surface area contributed by atoms with Crippen molar-refractivity contribution in [3.63, 3.8) is 0 Å². The summed E-state index contributed by atoms with van der Waals surface area (Å²) < 4.78 is 1.52. The van der Waals surface area contributed by atoms with E-state index >= 15 is 0 Å². The van der Waals surface area contributed by atoms with Gasteiger partial charge < -0.3 is 5.32 Å². The van der Waals surface area contributed by atoms with Gasteiger partial charge in [-0.05, 0) is 13.5 Å². The van der Waals surface area contributed by atoms with Crippen LogP contribution >= 0.6 is 11.3 Å². The van der Waals surface area contributed by atoms with Crippen molar-refractivity contribution in [3.8, 4) is 0 Å². The van der Waals surface area contributed by atoms with Gasteiger partial charge in [-0.15, -0.1) is 11.3 Å². The quantitative estimate of drug-likeness (QED) is 0.852. The fourth-order valence-electron chi connectivity index (χ4n) is 1.87. The molecule has 0 fully saturated rings. The third kappa shape index (κ3) is 3.64. The number of likely N-dealkylation sites (N-methyl/N-ethyl adjacent to an activating group) is 1. The molecule has 0 aromatic carbocycles. The molecular formula is C13H18N4O2S. The Labute approximate surface area is 121 Å². The molecule has 2 aromatic rings. The number of hydrogen-bond acceptors (Lipinski definition) is 5. The minimum Gasteiger partial charge on any atom is -0.355 e. The number of fused-ring (bicyclic) bond motifs is 1. The van der Waals surface area contributed by atoms with Gasteiger partial charge >= 0.3 is 0 Å². The summed E-state index contributed by atoms with van der Waals surface area (Å²) in [6, 6.07) is 1.51. The van der Waals surface area contributed by atoms with Crippen molar-refractivity contribution in [2.24, 2.45) is 0 Å². The van der Waals surface area contributed by atoms with Crippen LogP contribution in [0.1, 0.15) is 19.0 Å². The van der Waals surface area contributed by atoms with Crippen LogP contribution in [-0.2, 0) is 11.3 Å². The lowest BCUT2D eigenvalue weighted by Gasteiger charge is -2.15. The normalized spacial score (nSPS) is 11.2. The van der Waals surface area contributed by atoms with Crippen LogP contribution in [0.2, 0.25) is 0 Å². The van der Waals surface area contributed by atoms with Gasteiger partial charge in [0.1, 0.15) is 0 Å². The molecular weight excluding hydrogens is 276 g/mol. The summed E-state index contributed by atoms with van der Waals surface area (Å²) in [5.41, 5.74) is 0.596. The van der Waals surface area contributed by atoms with E-state index in [0.717, 1.165) is 6.42 Å². The zero-order valence-corrected chi connectivity index (χ0v) is 12.4. The highest BCUT2D eigenvalue weighted by Gasteiger charge is 2.09. The predicted octanol–water partition coefficient (Wildman–Crippen LogP) is 0.714. The molecule has 6 nitrogen and oxygen atoms in total. The first kappa shape index (κ1) is 14.7. The number of amides is 1. The van der Waals surface area contributed by atoms with Gasteiger partial charge in [0, 0.05) is 30.7 Å². The summed E-state index contributed by atoms with van der Waals surface area (Å²) in [6.45, 7) is 3.47. The maximum Gasteiger partial charge on any atom is 0.258 e. The fraction of sp³-hybridized carbons (Fsp3) is 0.462. The zero-order chi connectivity index (χ0) is 14.5. The number of aromatic nitrogens is 2. The van der Waals surface area contributed by atoms with Crippen molar-refractivity contribution in [3.05, 3.63) is 33.7 Å². The third-order valence-corrected chi connectivity index (χ3v) is 3.53. The first-order valence-corrected chi connectivity index (χ1v) is 7.39. The summed E-state index contributed by atoms with van der Waals surface area (Å²) in [5, 5.41) is 4.65. The van der Waals surface area contributed by atoms with Crippen molar-refractivity contribution < 1.29 is 4.79 Å². The molecule has 1 N–H and O–H groups in total. The number of rotatable bonds is 6. The van der Waals surface area contributed by atoms with Gasteiger partial charge in [0.2, 0.25) is 5.91 Å². The Morgan fingerprint density at radius 1 is 1.55 bits per heavy atom.